The molecule has 2 rings (SSSR count). The third-order valence-corrected chi connectivity index (χ3v) is 3.88. The number of hydrogen-bond donors (Lipinski definition) is 1. The third-order valence-electron chi connectivity index (χ3n) is 2.99. The van der Waals surface area contributed by atoms with Crippen molar-refractivity contribution in [3.05, 3.63) is 63.6 Å². The molecule has 0 saturated heterocycles. The van der Waals surface area contributed by atoms with Crippen molar-refractivity contribution in [1.82, 2.24) is 0 Å². The van der Waals surface area contributed by atoms with Gasteiger partial charge in [0, 0.05) is 4.47 Å². The van der Waals surface area contributed by atoms with Gasteiger partial charge in [-0.25, -0.2) is 0 Å². The maximum absolute atomic E-state index is 6.29. The van der Waals surface area contributed by atoms with Crippen molar-refractivity contribution >= 4 is 15.9 Å². The second kappa shape index (κ2) is 5.55. The molecule has 0 saturated carbocycles. The van der Waals surface area contributed by atoms with Crippen LogP contribution in [-0.4, -0.2) is 7.11 Å². The summed E-state index contributed by atoms with van der Waals surface area (Å²) in [6.07, 6.45) is 0. The third kappa shape index (κ3) is 2.74. The van der Waals surface area contributed by atoms with Gasteiger partial charge in [-0.2, -0.15) is 0 Å². The SMILES string of the molecule is COc1cccc(C(N)c2ccc(Br)c(C)c2)c1. The molecule has 0 fully saturated rings. The number of benzene rings is 2. The Morgan fingerprint density at radius 2 is 1.83 bits per heavy atom. The van der Waals surface area contributed by atoms with Gasteiger partial charge >= 0.3 is 0 Å². The van der Waals surface area contributed by atoms with Crippen molar-refractivity contribution in [3.8, 4) is 5.75 Å². The number of halogens is 1. The molecule has 0 aliphatic heterocycles. The van der Waals surface area contributed by atoms with Gasteiger partial charge in [0.2, 0.25) is 0 Å². The molecule has 0 aliphatic carbocycles. The average Bonchev–Trinajstić information content (AvgIpc) is 2.41. The molecule has 94 valence electrons. The Labute approximate surface area is 116 Å². The number of rotatable bonds is 3. The summed E-state index contributed by atoms with van der Waals surface area (Å²) in [4.78, 5) is 0. The van der Waals surface area contributed by atoms with Crippen LogP contribution in [0.5, 0.6) is 5.75 Å². The number of methoxy groups -OCH3 is 1. The van der Waals surface area contributed by atoms with Crippen LogP contribution in [0.1, 0.15) is 22.7 Å². The molecule has 0 bridgehead atoms. The summed E-state index contributed by atoms with van der Waals surface area (Å²) in [6, 6.07) is 13.9. The summed E-state index contributed by atoms with van der Waals surface area (Å²) in [5.41, 5.74) is 9.63. The molecule has 1 unspecified atom stereocenters. The maximum atomic E-state index is 6.29. The molecule has 2 N–H and O–H groups in total. The topological polar surface area (TPSA) is 35.2 Å². The van der Waals surface area contributed by atoms with E-state index in [0.29, 0.717) is 0 Å². The van der Waals surface area contributed by atoms with Crippen LogP contribution in [-0.2, 0) is 0 Å². The lowest BCUT2D eigenvalue weighted by atomic mass is 9.98. The number of nitrogens with two attached hydrogens (primary N) is 1. The zero-order valence-corrected chi connectivity index (χ0v) is 12.1. The predicted octanol–water partition coefficient (Wildman–Crippen LogP) is 3.81. The van der Waals surface area contributed by atoms with Crippen LogP contribution in [0.2, 0.25) is 0 Å². The van der Waals surface area contributed by atoms with Crippen molar-refractivity contribution < 1.29 is 4.74 Å². The first-order chi connectivity index (χ1) is 8.61. The summed E-state index contributed by atoms with van der Waals surface area (Å²) in [7, 11) is 1.66. The highest BCUT2D eigenvalue weighted by Gasteiger charge is 2.10. The molecule has 2 nitrogen and oxygen atoms in total. The zero-order chi connectivity index (χ0) is 13.1. The summed E-state index contributed by atoms with van der Waals surface area (Å²) in [5.74, 6) is 0.830. The van der Waals surface area contributed by atoms with E-state index in [1.54, 1.807) is 7.11 Å². The second-order valence-electron chi connectivity index (χ2n) is 4.26. The van der Waals surface area contributed by atoms with Crippen LogP contribution in [0, 0.1) is 6.92 Å². The standard InChI is InChI=1S/C15H16BrNO/c1-10-8-12(6-7-14(10)16)15(17)11-4-3-5-13(9-11)18-2/h3-9,15H,17H2,1-2H3. The van der Waals surface area contributed by atoms with Crippen molar-refractivity contribution in [2.75, 3.05) is 7.11 Å². The predicted molar refractivity (Wildman–Crippen MR) is 77.9 cm³/mol. The summed E-state index contributed by atoms with van der Waals surface area (Å²) >= 11 is 3.50. The lowest BCUT2D eigenvalue weighted by Gasteiger charge is -2.14. The molecule has 0 aliphatic rings. The fourth-order valence-corrected chi connectivity index (χ4v) is 2.14. The molecule has 0 radical (unpaired) electrons. The van der Waals surface area contributed by atoms with E-state index in [0.717, 1.165) is 21.3 Å². The van der Waals surface area contributed by atoms with Crippen molar-refractivity contribution in [3.63, 3.8) is 0 Å². The van der Waals surface area contributed by atoms with Gasteiger partial charge < -0.3 is 10.5 Å². The molecule has 0 spiro atoms. The lowest BCUT2D eigenvalue weighted by Crippen LogP contribution is -2.12. The minimum absolute atomic E-state index is 0.133. The Balaban J connectivity index is 2.34. The lowest BCUT2D eigenvalue weighted by molar-refractivity contribution is 0.414. The summed E-state index contributed by atoms with van der Waals surface area (Å²) in [5, 5.41) is 0. The Kier molecular flexibility index (Phi) is 4.04. The van der Waals surface area contributed by atoms with Crippen LogP contribution in [0.25, 0.3) is 0 Å². The van der Waals surface area contributed by atoms with Crippen molar-refractivity contribution in [2.45, 2.75) is 13.0 Å². The Morgan fingerprint density at radius 3 is 2.50 bits per heavy atom. The molecule has 0 aromatic heterocycles. The van der Waals surface area contributed by atoms with Crippen LogP contribution < -0.4 is 10.5 Å². The van der Waals surface area contributed by atoms with E-state index < -0.39 is 0 Å². The smallest absolute Gasteiger partial charge is 0.119 e. The van der Waals surface area contributed by atoms with Gasteiger partial charge in [0.1, 0.15) is 5.75 Å². The van der Waals surface area contributed by atoms with E-state index in [1.165, 1.54) is 5.56 Å². The molecule has 0 amide bonds. The van der Waals surface area contributed by atoms with Gasteiger partial charge in [-0.1, -0.05) is 40.2 Å². The number of ether oxygens (including phenoxy) is 1. The van der Waals surface area contributed by atoms with E-state index >= 15 is 0 Å². The highest BCUT2D eigenvalue weighted by atomic mass is 79.9. The van der Waals surface area contributed by atoms with Crippen LogP contribution in [0.3, 0.4) is 0 Å². The largest absolute Gasteiger partial charge is 0.497 e. The summed E-state index contributed by atoms with van der Waals surface area (Å²) in [6.45, 7) is 2.06. The van der Waals surface area contributed by atoms with E-state index in [9.17, 15) is 0 Å². The highest BCUT2D eigenvalue weighted by molar-refractivity contribution is 9.10. The fraction of sp³-hybridized carbons (Fsp3) is 0.200. The Morgan fingerprint density at radius 1 is 1.11 bits per heavy atom. The fourth-order valence-electron chi connectivity index (χ4n) is 1.89. The molecule has 18 heavy (non-hydrogen) atoms. The van der Waals surface area contributed by atoms with Gasteiger partial charge in [-0.15, -0.1) is 0 Å². The Bertz CT molecular complexity index is 554. The van der Waals surface area contributed by atoms with Gasteiger partial charge in [0.15, 0.2) is 0 Å². The number of hydrogen-bond acceptors (Lipinski definition) is 2. The molecule has 3 heteroatoms. The molecule has 2 aromatic rings. The van der Waals surface area contributed by atoms with Gasteiger partial charge in [0.05, 0.1) is 13.2 Å². The first kappa shape index (κ1) is 13.1. The molecule has 0 heterocycles. The van der Waals surface area contributed by atoms with Crippen molar-refractivity contribution in [2.24, 2.45) is 5.73 Å². The second-order valence-corrected chi connectivity index (χ2v) is 5.12. The van der Waals surface area contributed by atoms with Gasteiger partial charge in [-0.3, -0.25) is 0 Å². The van der Waals surface area contributed by atoms with E-state index in [2.05, 4.69) is 28.9 Å². The van der Waals surface area contributed by atoms with Crippen LogP contribution in [0.4, 0.5) is 0 Å². The zero-order valence-electron chi connectivity index (χ0n) is 10.5. The van der Waals surface area contributed by atoms with Crippen molar-refractivity contribution in [1.29, 1.82) is 0 Å². The monoisotopic (exact) mass is 305 g/mol. The van der Waals surface area contributed by atoms with Crippen LogP contribution >= 0.6 is 15.9 Å². The average molecular weight is 306 g/mol. The first-order valence-corrected chi connectivity index (χ1v) is 6.56. The molecular weight excluding hydrogens is 290 g/mol. The normalized spacial score (nSPS) is 12.2. The number of aryl methyl sites for hydroxylation is 1. The van der Waals surface area contributed by atoms with Crippen LogP contribution in [0.15, 0.2) is 46.9 Å². The highest BCUT2D eigenvalue weighted by Crippen LogP contribution is 2.26. The molecule has 1 atom stereocenters. The molecule has 2 aromatic carbocycles. The van der Waals surface area contributed by atoms with Gasteiger partial charge in [-0.05, 0) is 41.8 Å². The Hall–Kier alpha value is -1.32. The van der Waals surface area contributed by atoms with E-state index in [4.69, 9.17) is 10.5 Å². The first-order valence-electron chi connectivity index (χ1n) is 5.77. The van der Waals surface area contributed by atoms with Gasteiger partial charge in [0.25, 0.3) is 0 Å². The van der Waals surface area contributed by atoms with E-state index in [1.807, 2.05) is 36.4 Å². The summed E-state index contributed by atoms with van der Waals surface area (Å²) < 4.78 is 6.32. The minimum atomic E-state index is -0.133. The minimum Gasteiger partial charge on any atom is -0.497 e. The quantitative estimate of drug-likeness (QED) is 0.936. The van der Waals surface area contributed by atoms with E-state index in [-0.39, 0.29) is 6.04 Å². The maximum Gasteiger partial charge on any atom is 0.119 e. The molecular formula is C15H16BrNO.